The molecule has 0 aliphatic carbocycles. The van der Waals surface area contributed by atoms with Gasteiger partial charge in [0.25, 0.3) is 0 Å². The maximum atomic E-state index is 13.1. The molecule has 3 aliphatic heterocycles. The molecule has 4 rings (SSSR count). The number of unbranched alkanes of at least 4 members (excludes halogenated alkanes) is 1. The predicted octanol–water partition coefficient (Wildman–Crippen LogP) is -0.118. The SMILES string of the molecule is CCCCN1C(=O)C(=O)N(CC(=O)N2CCN(S(=O)(=O)c3ccc4c(c3)OCCO4)CC2)C1=O. The summed E-state index contributed by atoms with van der Waals surface area (Å²) >= 11 is 0. The number of carbonyl (C=O) groups is 4. The lowest BCUT2D eigenvalue weighted by atomic mass is 10.3. The van der Waals surface area contributed by atoms with E-state index in [1.165, 1.54) is 21.3 Å². The van der Waals surface area contributed by atoms with Gasteiger partial charge in [-0.25, -0.2) is 18.1 Å². The average Bonchev–Trinajstić information content (AvgIpc) is 3.05. The monoisotopic (exact) mass is 494 g/mol. The van der Waals surface area contributed by atoms with E-state index in [0.717, 1.165) is 11.3 Å². The first-order valence-corrected chi connectivity index (χ1v) is 12.5. The molecule has 5 amide bonds. The maximum absolute atomic E-state index is 13.1. The number of rotatable bonds is 7. The largest absolute Gasteiger partial charge is 0.486 e. The van der Waals surface area contributed by atoms with Crippen LogP contribution >= 0.6 is 0 Å². The minimum Gasteiger partial charge on any atom is -0.486 e. The van der Waals surface area contributed by atoms with Gasteiger partial charge in [0.1, 0.15) is 19.8 Å². The molecule has 0 atom stereocenters. The van der Waals surface area contributed by atoms with E-state index in [4.69, 9.17) is 9.47 Å². The quantitative estimate of drug-likeness (QED) is 0.378. The van der Waals surface area contributed by atoms with Crippen molar-refractivity contribution in [2.75, 3.05) is 52.5 Å². The Labute approximate surface area is 197 Å². The van der Waals surface area contributed by atoms with E-state index < -0.39 is 40.3 Å². The number of urea groups is 1. The van der Waals surface area contributed by atoms with Crippen LogP contribution in [-0.2, 0) is 24.4 Å². The van der Waals surface area contributed by atoms with Crippen molar-refractivity contribution in [3.63, 3.8) is 0 Å². The van der Waals surface area contributed by atoms with Crippen molar-refractivity contribution in [1.82, 2.24) is 19.0 Å². The molecule has 0 saturated carbocycles. The number of imide groups is 2. The third kappa shape index (κ3) is 4.44. The Morgan fingerprint density at radius 2 is 1.59 bits per heavy atom. The molecule has 2 fully saturated rings. The highest BCUT2D eigenvalue weighted by Crippen LogP contribution is 2.33. The summed E-state index contributed by atoms with van der Waals surface area (Å²) in [4.78, 5) is 52.3. The van der Waals surface area contributed by atoms with E-state index in [9.17, 15) is 27.6 Å². The summed E-state index contributed by atoms with van der Waals surface area (Å²) in [5.41, 5.74) is 0. The molecule has 0 bridgehead atoms. The van der Waals surface area contributed by atoms with Crippen molar-refractivity contribution < 1.29 is 37.1 Å². The van der Waals surface area contributed by atoms with Crippen LogP contribution in [0, 0.1) is 0 Å². The molecule has 0 N–H and O–H groups in total. The Hall–Kier alpha value is -3.19. The molecule has 2 saturated heterocycles. The van der Waals surface area contributed by atoms with Crippen molar-refractivity contribution in [2.45, 2.75) is 24.7 Å². The summed E-state index contributed by atoms with van der Waals surface area (Å²) in [7, 11) is -3.82. The van der Waals surface area contributed by atoms with Gasteiger partial charge in [0.2, 0.25) is 15.9 Å². The summed E-state index contributed by atoms with van der Waals surface area (Å²) in [6, 6.07) is 3.63. The zero-order valence-electron chi connectivity index (χ0n) is 18.8. The Morgan fingerprint density at radius 1 is 0.941 bits per heavy atom. The molecule has 0 aromatic heterocycles. The molecule has 184 valence electrons. The number of ether oxygens (including phenoxy) is 2. The number of sulfonamides is 1. The van der Waals surface area contributed by atoms with Gasteiger partial charge in [0, 0.05) is 38.8 Å². The van der Waals surface area contributed by atoms with Gasteiger partial charge < -0.3 is 14.4 Å². The van der Waals surface area contributed by atoms with E-state index in [0.29, 0.717) is 36.0 Å². The van der Waals surface area contributed by atoms with Crippen LogP contribution < -0.4 is 9.47 Å². The Balaban J connectivity index is 1.36. The van der Waals surface area contributed by atoms with Gasteiger partial charge in [0.05, 0.1) is 4.90 Å². The minimum atomic E-state index is -3.82. The Morgan fingerprint density at radius 3 is 2.26 bits per heavy atom. The zero-order valence-corrected chi connectivity index (χ0v) is 19.6. The molecule has 3 aliphatic rings. The van der Waals surface area contributed by atoms with Crippen LogP contribution in [0.5, 0.6) is 11.5 Å². The van der Waals surface area contributed by atoms with Crippen LogP contribution in [0.25, 0.3) is 0 Å². The summed E-state index contributed by atoms with van der Waals surface area (Å²) in [5.74, 6) is -1.62. The van der Waals surface area contributed by atoms with Gasteiger partial charge in [-0.1, -0.05) is 13.3 Å². The lowest BCUT2D eigenvalue weighted by Gasteiger charge is -2.34. The Kier molecular flexibility index (Phi) is 6.75. The first kappa shape index (κ1) is 24.0. The number of hydrogen-bond donors (Lipinski definition) is 0. The lowest BCUT2D eigenvalue weighted by molar-refractivity contribution is -0.145. The molecule has 34 heavy (non-hydrogen) atoms. The van der Waals surface area contributed by atoms with Crippen molar-refractivity contribution in [2.24, 2.45) is 0 Å². The van der Waals surface area contributed by atoms with Gasteiger partial charge >= 0.3 is 17.8 Å². The van der Waals surface area contributed by atoms with Crippen molar-refractivity contribution >= 4 is 33.8 Å². The highest BCUT2D eigenvalue weighted by molar-refractivity contribution is 7.89. The maximum Gasteiger partial charge on any atom is 0.334 e. The lowest BCUT2D eigenvalue weighted by Crippen LogP contribution is -2.53. The standard InChI is InChI=1S/C21H26N4O8S/c1-2-3-6-24-19(27)20(28)25(21(24)29)14-18(26)22-7-9-23(10-8-22)34(30,31)15-4-5-16-17(13-15)33-12-11-32-16/h4-5,13H,2-3,6-12,14H2,1H3. The van der Waals surface area contributed by atoms with Crippen LogP contribution in [0.3, 0.4) is 0 Å². The van der Waals surface area contributed by atoms with Crippen LogP contribution in [0.2, 0.25) is 0 Å². The first-order chi connectivity index (χ1) is 16.2. The van der Waals surface area contributed by atoms with Gasteiger partial charge in [-0.2, -0.15) is 4.31 Å². The van der Waals surface area contributed by atoms with Crippen molar-refractivity contribution in [3.05, 3.63) is 18.2 Å². The topological polar surface area (TPSA) is 134 Å². The highest BCUT2D eigenvalue weighted by Gasteiger charge is 2.45. The molecule has 0 unspecified atom stereocenters. The van der Waals surface area contributed by atoms with Gasteiger partial charge in [-0.15, -0.1) is 0 Å². The fraction of sp³-hybridized carbons (Fsp3) is 0.524. The number of hydrogen-bond acceptors (Lipinski definition) is 8. The van der Waals surface area contributed by atoms with E-state index in [2.05, 4.69) is 0 Å². The van der Waals surface area contributed by atoms with Crippen LogP contribution in [0.1, 0.15) is 19.8 Å². The second-order valence-corrected chi connectivity index (χ2v) is 10.0. The summed E-state index contributed by atoms with van der Waals surface area (Å²) in [5, 5.41) is 0. The second kappa shape index (κ2) is 9.58. The van der Waals surface area contributed by atoms with Crippen molar-refractivity contribution in [3.8, 4) is 11.5 Å². The third-order valence-corrected chi connectivity index (χ3v) is 7.80. The molecular formula is C21H26N4O8S. The zero-order chi connectivity index (χ0) is 24.5. The molecule has 1 aromatic rings. The van der Waals surface area contributed by atoms with Gasteiger partial charge in [0.15, 0.2) is 11.5 Å². The van der Waals surface area contributed by atoms with E-state index in [1.54, 1.807) is 6.07 Å². The smallest absolute Gasteiger partial charge is 0.334 e. The van der Waals surface area contributed by atoms with Crippen LogP contribution in [0.15, 0.2) is 23.1 Å². The number of amides is 5. The molecule has 0 radical (unpaired) electrons. The summed E-state index contributed by atoms with van der Waals surface area (Å²) in [6.07, 6.45) is 1.30. The fourth-order valence-corrected chi connectivity index (χ4v) is 5.39. The van der Waals surface area contributed by atoms with Crippen molar-refractivity contribution in [1.29, 1.82) is 0 Å². The number of piperazine rings is 1. The van der Waals surface area contributed by atoms with Crippen LogP contribution in [-0.4, -0.2) is 104 Å². The molecule has 1 aromatic carbocycles. The predicted molar refractivity (Wildman–Crippen MR) is 117 cm³/mol. The molecule has 0 spiro atoms. The Bertz CT molecular complexity index is 1110. The highest BCUT2D eigenvalue weighted by atomic mass is 32.2. The molecule has 3 heterocycles. The number of benzene rings is 1. The third-order valence-electron chi connectivity index (χ3n) is 5.91. The van der Waals surface area contributed by atoms with E-state index in [-0.39, 0.29) is 37.6 Å². The molecular weight excluding hydrogens is 468 g/mol. The van der Waals surface area contributed by atoms with Gasteiger partial charge in [-0.05, 0) is 18.6 Å². The summed E-state index contributed by atoms with van der Waals surface area (Å²) in [6.45, 7) is 2.47. The van der Waals surface area contributed by atoms with Gasteiger partial charge in [-0.3, -0.25) is 19.3 Å². The average molecular weight is 495 g/mol. The molecule has 13 heteroatoms. The number of carbonyl (C=O) groups excluding carboxylic acids is 4. The number of fused-ring (bicyclic) bond motifs is 1. The van der Waals surface area contributed by atoms with Crippen LogP contribution in [0.4, 0.5) is 4.79 Å². The number of nitrogens with zero attached hydrogens (tertiary/aromatic N) is 4. The minimum absolute atomic E-state index is 0.0476. The fourth-order valence-electron chi connectivity index (χ4n) is 3.95. The summed E-state index contributed by atoms with van der Waals surface area (Å²) < 4.78 is 38.3. The van der Waals surface area contributed by atoms with E-state index in [1.807, 2.05) is 6.92 Å². The second-order valence-electron chi connectivity index (χ2n) is 8.07. The molecule has 12 nitrogen and oxygen atoms in total. The normalized spacial score (nSPS) is 19.2. The first-order valence-electron chi connectivity index (χ1n) is 11.1. The van der Waals surface area contributed by atoms with E-state index >= 15 is 0 Å².